The van der Waals surface area contributed by atoms with E-state index in [2.05, 4.69) is 36.8 Å². The molecule has 13 heavy (non-hydrogen) atoms. The van der Waals surface area contributed by atoms with E-state index in [0.29, 0.717) is 19.2 Å². The summed E-state index contributed by atoms with van der Waals surface area (Å²) in [5, 5.41) is 0.462. The summed E-state index contributed by atoms with van der Waals surface area (Å²) in [7, 11) is 0. The molecule has 0 unspecified atom stereocenters. The Balaban J connectivity index is 3.27. The SMILES string of the molecule is FC(F)c1cc(I)nc(CBr)c1Br. The number of aromatic nitrogens is 1. The van der Waals surface area contributed by atoms with Crippen molar-refractivity contribution in [2.45, 2.75) is 11.8 Å². The second-order valence-electron chi connectivity index (χ2n) is 2.23. The first-order valence-corrected chi connectivity index (χ1v) is 6.24. The van der Waals surface area contributed by atoms with Crippen LogP contribution in [0.4, 0.5) is 8.78 Å². The van der Waals surface area contributed by atoms with E-state index in [1.165, 1.54) is 6.07 Å². The van der Waals surface area contributed by atoms with Crippen LogP contribution in [0.5, 0.6) is 0 Å². The highest BCUT2D eigenvalue weighted by Gasteiger charge is 2.16. The van der Waals surface area contributed by atoms with Gasteiger partial charge in [0.15, 0.2) is 0 Å². The molecular formula is C7H4Br2F2IN. The van der Waals surface area contributed by atoms with E-state index in [4.69, 9.17) is 0 Å². The molecule has 1 aromatic rings. The summed E-state index contributed by atoms with van der Waals surface area (Å²) in [6.45, 7) is 0. The summed E-state index contributed by atoms with van der Waals surface area (Å²) >= 11 is 8.20. The molecule has 1 heterocycles. The standard InChI is InChI=1S/C7H4Br2F2IN/c8-2-4-6(9)3(7(10)11)1-5(12)13-4/h1,7H,2H2. The van der Waals surface area contributed by atoms with Gasteiger partial charge < -0.3 is 0 Å². The molecule has 0 bridgehead atoms. The highest BCUT2D eigenvalue weighted by atomic mass is 127. The van der Waals surface area contributed by atoms with Gasteiger partial charge in [0.1, 0.15) is 3.70 Å². The van der Waals surface area contributed by atoms with Gasteiger partial charge in [0, 0.05) is 15.4 Å². The number of pyridine rings is 1. The molecule has 0 aliphatic carbocycles. The van der Waals surface area contributed by atoms with E-state index in [1.54, 1.807) is 0 Å². The molecule has 0 aliphatic rings. The van der Waals surface area contributed by atoms with Gasteiger partial charge in [0.05, 0.1) is 5.69 Å². The molecule has 0 saturated carbocycles. The molecule has 1 rings (SSSR count). The highest BCUT2D eigenvalue weighted by molar-refractivity contribution is 14.1. The van der Waals surface area contributed by atoms with E-state index in [-0.39, 0.29) is 5.56 Å². The van der Waals surface area contributed by atoms with Gasteiger partial charge in [-0.2, -0.15) is 0 Å². The van der Waals surface area contributed by atoms with Crippen molar-refractivity contribution in [3.63, 3.8) is 0 Å². The van der Waals surface area contributed by atoms with E-state index in [9.17, 15) is 8.78 Å². The lowest BCUT2D eigenvalue weighted by Gasteiger charge is -2.07. The lowest BCUT2D eigenvalue weighted by Crippen LogP contribution is -1.97. The van der Waals surface area contributed by atoms with Gasteiger partial charge in [-0.3, -0.25) is 0 Å². The molecule has 1 aromatic heterocycles. The van der Waals surface area contributed by atoms with Crippen LogP contribution in [-0.2, 0) is 5.33 Å². The van der Waals surface area contributed by atoms with Crippen LogP contribution in [0.25, 0.3) is 0 Å². The highest BCUT2D eigenvalue weighted by Crippen LogP contribution is 2.31. The van der Waals surface area contributed by atoms with Gasteiger partial charge in [-0.15, -0.1) is 0 Å². The normalized spacial score (nSPS) is 10.9. The largest absolute Gasteiger partial charge is 0.265 e. The van der Waals surface area contributed by atoms with Crippen molar-refractivity contribution in [1.82, 2.24) is 4.98 Å². The minimum atomic E-state index is -2.47. The first kappa shape index (κ1) is 11.8. The lowest BCUT2D eigenvalue weighted by molar-refractivity contribution is 0.150. The van der Waals surface area contributed by atoms with Crippen LogP contribution in [0, 0.1) is 3.70 Å². The number of hydrogen-bond donors (Lipinski definition) is 0. The number of rotatable bonds is 2. The van der Waals surface area contributed by atoms with Gasteiger partial charge in [0.2, 0.25) is 0 Å². The molecule has 0 atom stereocenters. The smallest absolute Gasteiger partial charge is 0.245 e. The van der Waals surface area contributed by atoms with Crippen molar-refractivity contribution in [2.75, 3.05) is 0 Å². The Morgan fingerprint density at radius 1 is 1.54 bits per heavy atom. The maximum Gasteiger partial charge on any atom is 0.265 e. The van der Waals surface area contributed by atoms with Crippen LogP contribution < -0.4 is 0 Å². The van der Waals surface area contributed by atoms with Crippen molar-refractivity contribution in [1.29, 1.82) is 0 Å². The van der Waals surface area contributed by atoms with E-state index in [1.807, 2.05) is 22.6 Å². The van der Waals surface area contributed by atoms with Crippen LogP contribution in [0.3, 0.4) is 0 Å². The van der Waals surface area contributed by atoms with Gasteiger partial charge >= 0.3 is 0 Å². The quantitative estimate of drug-likeness (QED) is 0.391. The summed E-state index contributed by atoms with van der Waals surface area (Å²) < 4.78 is 25.9. The van der Waals surface area contributed by atoms with Crippen LogP contribution in [0.15, 0.2) is 10.5 Å². The molecule has 0 spiro atoms. The molecule has 0 saturated heterocycles. The summed E-state index contributed by atoms with van der Waals surface area (Å²) in [6.07, 6.45) is -2.47. The molecule has 0 N–H and O–H groups in total. The Morgan fingerprint density at radius 2 is 2.15 bits per heavy atom. The lowest BCUT2D eigenvalue weighted by atomic mass is 10.2. The average molecular weight is 427 g/mol. The van der Waals surface area contributed by atoms with Crippen LogP contribution in [0.1, 0.15) is 17.7 Å². The fourth-order valence-corrected chi connectivity index (χ4v) is 2.74. The molecular weight excluding hydrogens is 423 g/mol. The minimum absolute atomic E-state index is 0.00569. The van der Waals surface area contributed by atoms with Crippen LogP contribution >= 0.6 is 54.5 Å². The summed E-state index contributed by atoms with van der Waals surface area (Å²) in [5.41, 5.74) is 0.594. The second-order valence-corrected chi connectivity index (χ2v) is 4.69. The molecule has 0 fully saturated rings. The first-order chi connectivity index (χ1) is 6.06. The number of alkyl halides is 3. The Hall–Kier alpha value is 0.700. The fraction of sp³-hybridized carbons (Fsp3) is 0.286. The topological polar surface area (TPSA) is 12.9 Å². The van der Waals surface area contributed by atoms with Gasteiger partial charge in [-0.1, -0.05) is 15.9 Å². The van der Waals surface area contributed by atoms with Crippen LogP contribution in [-0.4, -0.2) is 4.98 Å². The number of nitrogens with zero attached hydrogens (tertiary/aromatic N) is 1. The third kappa shape index (κ3) is 2.82. The van der Waals surface area contributed by atoms with Crippen molar-refractivity contribution in [3.05, 3.63) is 25.5 Å². The zero-order chi connectivity index (χ0) is 10.0. The Bertz CT molecular complexity index is 320. The maximum absolute atomic E-state index is 12.4. The zero-order valence-electron chi connectivity index (χ0n) is 6.20. The molecule has 0 aliphatic heterocycles. The van der Waals surface area contributed by atoms with Crippen LogP contribution in [0.2, 0.25) is 0 Å². The third-order valence-corrected chi connectivity index (χ3v) is 3.38. The molecule has 6 heteroatoms. The predicted octanol–water partition coefficient (Wildman–Crippen LogP) is 4.28. The summed E-state index contributed by atoms with van der Waals surface area (Å²) in [4.78, 5) is 4.09. The molecule has 0 radical (unpaired) electrons. The monoisotopic (exact) mass is 425 g/mol. The summed E-state index contributed by atoms with van der Waals surface area (Å²) in [6, 6.07) is 1.38. The fourth-order valence-electron chi connectivity index (χ4n) is 0.816. The zero-order valence-corrected chi connectivity index (χ0v) is 11.5. The minimum Gasteiger partial charge on any atom is -0.245 e. The Kier molecular flexibility index (Phi) is 4.50. The van der Waals surface area contributed by atoms with Gasteiger partial charge in [0.25, 0.3) is 6.43 Å². The van der Waals surface area contributed by atoms with E-state index >= 15 is 0 Å². The summed E-state index contributed by atoms with van der Waals surface area (Å²) in [5.74, 6) is 0. The van der Waals surface area contributed by atoms with Gasteiger partial charge in [-0.05, 0) is 44.6 Å². The van der Waals surface area contributed by atoms with Crippen molar-refractivity contribution in [2.24, 2.45) is 0 Å². The number of halogens is 5. The maximum atomic E-state index is 12.4. The third-order valence-electron chi connectivity index (χ3n) is 1.38. The van der Waals surface area contributed by atoms with Gasteiger partial charge in [-0.25, -0.2) is 13.8 Å². The Labute approximate surface area is 105 Å². The molecule has 1 nitrogen and oxygen atoms in total. The number of hydrogen-bond acceptors (Lipinski definition) is 1. The Morgan fingerprint density at radius 3 is 2.62 bits per heavy atom. The average Bonchev–Trinajstić information content (AvgIpc) is 2.08. The molecule has 72 valence electrons. The van der Waals surface area contributed by atoms with E-state index < -0.39 is 6.43 Å². The predicted molar refractivity (Wildman–Crippen MR) is 62.2 cm³/mol. The van der Waals surface area contributed by atoms with Crippen molar-refractivity contribution in [3.8, 4) is 0 Å². The first-order valence-electron chi connectivity index (χ1n) is 3.25. The van der Waals surface area contributed by atoms with E-state index in [0.717, 1.165) is 0 Å². The molecule has 0 aromatic carbocycles. The van der Waals surface area contributed by atoms with Crippen molar-refractivity contribution < 1.29 is 8.78 Å². The molecule has 0 amide bonds. The second kappa shape index (κ2) is 4.97. The van der Waals surface area contributed by atoms with Crippen molar-refractivity contribution >= 4 is 54.5 Å².